The molecule has 0 aliphatic heterocycles. The molecule has 150 valence electrons. The number of aromatic hydroxyl groups is 1. The highest BCUT2D eigenvalue weighted by atomic mass is 16.5. The molecule has 0 aliphatic rings. The molecule has 0 spiro atoms. The Kier molecular flexibility index (Phi) is 5.82. The third-order valence-electron chi connectivity index (χ3n) is 4.37. The SMILES string of the molecule is CCC(=Nc1cc(OC)ccc1OC)c1c(O)n(-c2ccccc2)c(=O)[nH]c1=O. The van der Waals surface area contributed by atoms with Crippen LogP contribution in [0.5, 0.6) is 17.4 Å². The number of benzene rings is 2. The zero-order valence-corrected chi connectivity index (χ0v) is 16.3. The van der Waals surface area contributed by atoms with Crippen LogP contribution in [0.15, 0.2) is 63.1 Å². The number of nitrogens with zero attached hydrogens (tertiary/aromatic N) is 2. The summed E-state index contributed by atoms with van der Waals surface area (Å²) in [6.45, 7) is 1.79. The molecule has 29 heavy (non-hydrogen) atoms. The van der Waals surface area contributed by atoms with Crippen molar-refractivity contribution in [2.75, 3.05) is 14.2 Å². The molecule has 0 saturated carbocycles. The third-order valence-corrected chi connectivity index (χ3v) is 4.37. The first kappa shape index (κ1) is 19.9. The first-order valence-electron chi connectivity index (χ1n) is 8.93. The molecule has 0 atom stereocenters. The lowest BCUT2D eigenvalue weighted by molar-refractivity contribution is 0.404. The van der Waals surface area contributed by atoms with Crippen LogP contribution in [-0.4, -0.2) is 34.6 Å². The quantitative estimate of drug-likeness (QED) is 0.624. The van der Waals surface area contributed by atoms with E-state index in [-0.39, 0.29) is 5.56 Å². The minimum absolute atomic E-state index is 0.0826. The number of aliphatic imine (C=N–C) groups is 1. The second kappa shape index (κ2) is 8.47. The number of hydrogen-bond donors (Lipinski definition) is 2. The van der Waals surface area contributed by atoms with E-state index in [4.69, 9.17) is 9.47 Å². The summed E-state index contributed by atoms with van der Waals surface area (Å²) in [5.41, 5.74) is -0.401. The van der Waals surface area contributed by atoms with Crippen LogP contribution in [-0.2, 0) is 0 Å². The number of hydrogen-bond acceptors (Lipinski definition) is 6. The van der Waals surface area contributed by atoms with E-state index in [1.807, 2.05) is 0 Å². The second-order valence-corrected chi connectivity index (χ2v) is 6.08. The molecule has 2 N–H and O–H groups in total. The summed E-state index contributed by atoms with van der Waals surface area (Å²) in [5, 5.41) is 10.8. The van der Waals surface area contributed by atoms with Crippen molar-refractivity contribution in [2.45, 2.75) is 13.3 Å². The molecule has 2 aromatic carbocycles. The minimum atomic E-state index is -0.739. The highest BCUT2D eigenvalue weighted by Crippen LogP contribution is 2.32. The standard InChI is InChI=1S/C21H21N3O5/c1-4-15(22-16-12-14(28-2)10-11-17(16)29-3)18-19(25)23-21(27)24(20(18)26)13-8-6-5-7-9-13/h5-12,26H,4H2,1-3H3,(H,23,25,27). The summed E-state index contributed by atoms with van der Waals surface area (Å²) in [6.07, 6.45) is 0.323. The van der Waals surface area contributed by atoms with E-state index in [0.717, 1.165) is 4.57 Å². The van der Waals surface area contributed by atoms with Gasteiger partial charge in [0, 0.05) is 6.07 Å². The Morgan fingerprint density at radius 1 is 1.10 bits per heavy atom. The van der Waals surface area contributed by atoms with Gasteiger partial charge in [-0.2, -0.15) is 0 Å². The van der Waals surface area contributed by atoms with Crippen LogP contribution in [0.2, 0.25) is 0 Å². The van der Waals surface area contributed by atoms with Gasteiger partial charge < -0.3 is 14.6 Å². The molecule has 8 heteroatoms. The number of aromatic amines is 1. The summed E-state index contributed by atoms with van der Waals surface area (Å²) in [6, 6.07) is 13.6. The Morgan fingerprint density at radius 3 is 2.45 bits per heavy atom. The van der Waals surface area contributed by atoms with Gasteiger partial charge in [-0.3, -0.25) is 9.78 Å². The fourth-order valence-electron chi connectivity index (χ4n) is 2.94. The van der Waals surface area contributed by atoms with Gasteiger partial charge in [0.25, 0.3) is 5.56 Å². The average Bonchev–Trinajstić information content (AvgIpc) is 2.73. The van der Waals surface area contributed by atoms with Crippen molar-refractivity contribution < 1.29 is 14.6 Å². The molecule has 0 radical (unpaired) electrons. The zero-order chi connectivity index (χ0) is 21.0. The number of aromatic nitrogens is 2. The maximum absolute atomic E-state index is 12.5. The molecule has 1 heterocycles. The average molecular weight is 395 g/mol. The molecular formula is C21H21N3O5. The predicted octanol–water partition coefficient (Wildman–Crippen LogP) is 2.78. The van der Waals surface area contributed by atoms with Crippen molar-refractivity contribution in [1.29, 1.82) is 0 Å². The summed E-state index contributed by atoms with van der Waals surface area (Å²) in [7, 11) is 3.04. The number of ether oxygens (including phenoxy) is 2. The lowest BCUT2D eigenvalue weighted by atomic mass is 10.1. The number of nitrogens with one attached hydrogen (secondary N) is 1. The molecule has 3 aromatic rings. The highest BCUT2D eigenvalue weighted by Gasteiger charge is 2.20. The molecule has 0 bridgehead atoms. The molecule has 0 saturated heterocycles. The summed E-state index contributed by atoms with van der Waals surface area (Å²) < 4.78 is 11.6. The number of H-pyrrole nitrogens is 1. The molecule has 0 amide bonds. The second-order valence-electron chi connectivity index (χ2n) is 6.08. The van der Waals surface area contributed by atoms with Crippen molar-refractivity contribution >= 4 is 11.4 Å². The summed E-state index contributed by atoms with van der Waals surface area (Å²) in [4.78, 5) is 31.7. The van der Waals surface area contributed by atoms with Gasteiger partial charge in [0.1, 0.15) is 22.7 Å². The first-order chi connectivity index (χ1) is 14.0. The van der Waals surface area contributed by atoms with Gasteiger partial charge in [-0.25, -0.2) is 14.4 Å². The van der Waals surface area contributed by atoms with Crippen LogP contribution >= 0.6 is 0 Å². The van der Waals surface area contributed by atoms with Crippen LogP contribution in [0, 0.1) is 0 Å². The van der Waals surface area contributed by atoms with E-state index in [9.17, 15) is 14.7 Å². The van der Waals surface area contributed by atoms with E-state index in [0.29, 0.717) is 35.0 Å². The Bertz CT molecular complexity index is 1160. The van der Waals surface area contributed by atoms with Crippen molar-refractivity contribution in [2.24, 2.45) is 4.99 Å². The molecular weight excluding hydrogens is 374 g/mol. The first-order valence-corrected chi connectivity index (χ1v) is 8.93. The van der Waals surface area contributed by atoms with E-state index in [1.54, 1.807) is 55.5 Å². The van der Waals surface area contributed by atoms with Gasteiger partial charge in [0.2, 0.25) is 5.88 Å². The molecule has 3 rings (SSSR count). The summed E-state index contributed by atoms with van der Waals surface area (Å²) in [5.74, 6) is 0.559. The lowest BCUT2D eigenvalue weighted by Gasteiger charge is -2.13. The van der Waals surface area contributed by atoms with E-state index < -0.39 is 17.1 Å². The van der Waals surface area contributed by atoms with Gasteiger partial charge in [-0.15, -0.1) is 0 Å². The third kappa shape index (κ3) is 3.91. The van der Waals surface area contributed by atoms with Crippen LogP contribution in [0.4, 0.5) is 5.69 Å². The van der Waals surface area contributed by atoms with Crippen molar-refractivity contribution in [1.82, 2.24) is 9.55 Å². The number of para-hydroxylation sites is 1. The Labute approximate surface area is 166 Å². The van der Waals surface area contributed by atoms with Crippen molar-refractivity contribution in [3.8, 4) is 23.1 Å². The molecule has 0 fully saturated rings. The Hall–Kier alpha value is -3.81. The number of rotatable bonds is 6. The molecule has 8 nitrogen and oxygen atoms in total. The topological polar surface area (TPSA) is 106 Å². The number of methoxy groups -OCH3 is 2. The van der Waals surface area contributed by atoms with Crippen LogP contribution in [0.25, 0.3) is 5.69 Å². The normalized spacial score (nSPS) is 11.3. The Morgan fingerprint density at radius 2 is 1.83 bits per heavy atom. The van der Waals surface area contributed by atoms with Crippen LogP contribution < -0.4 is 20.7 Å². The van der Waals surface area contributed by atoms with Gasteiger partial charge in [0.15, 0.2) is 0 Å². The van der Waals surface area contributed by atoms with E-state index in [2.05, 4.69) is 9.98 Å². The van der Waals surface area contributed by atoms with E-state index >= 15 is 0 Å². The van der Waals surface area contributed by atoms with Gasteiger partial charge in [0.05, 0.1) is 25.6 Å². The van der Waals surface area contributed by atoms with Gasteiger partial charge >= 0.3 is 5.69 Å². The van der Waals surface area contributed by atoms with E-state index in [1.165, 1.54) is 14.2 Å². The monoisotopic (exact) mass is 395 g/mol. The fourth-order valence-corrected chi connectivity index (χ4v) is 2.94. The summed E-state index contributed by atoms with van der Waals surface area (Å²) >= 11 is 0. The highest BCUT2D eigenvalue weighted by molar-refractivity contribution is 6.03. The predicted molar refractivity (Wildman–Crippen MR) is 110 cm³/mol. The molecule has 0 aliphatic carbocycles. The van der Waals surface area contributed by atoms with Crippen LogP contribution in [0.1, 0.15) is 18.9 Å². The smallest absolute Gasteiger partial charge is 0.335 e. The van der Waals surface area contributed by atoms with Crippen LogP contribution in [0.3, 0.4) is 0 Å². The maximum Gasteiger partial charge on any atom is 0.335 e. The van der Waals surface area contributed by atoms with Crippen molar-refractivity contribution in [3.05, 3.63) is 74.9 Å². The maximum atomic E-state index is 12.5. The fraction of sp³-hybridized carbons (Fsp3) is 0.190. The van der Waals surface area contributed by atoms with Crippen molar-refractivity contribution in [3.63, 3.8) is 0 Å². The largest absolute Gasteiger partial charge is 0.497 e. The molecule has 1 aromatic heterocycles. The lowest BCUT2D eigenvalue weighted by Crippen LogP contribution is -2.33. The zero-order valence-electron chi connectivity index (χ0n) is 16.3. The van der Waals surface area contributed by atoms with Gasteiger partial charge in [-0.1, -0.05) is 25.1 Å². The Balaban J connectivity index is 2.25. The molecule has 0 unspecified atom stereocenters. The van der Waals surface area contributed by atoms with Gasteiger partial charge in [-0.05, 0) is 30.7 Å². The minimum Gasteiger partial charge on any atom is -0.497 e.